The molecular weight excluding hydrogens is 350 g/mol. The Morgan fingerprint density at radius 3 is 2.78 bits per heavy atom. The maximum absolute atomic E-state index is 13.1. The molecule has 3 aromatic heterocycles. The number of hydrogen-bond donors (Lipinski definition) is 0. The molecule has 0 N–H and O–H groups in total. The van der Waals surface area contributed by atoms with Crippen molar-refractivity contribution < 1.29 is 9.53 Å². The summed E-state index contributed by atoms with van der Waals surface area (Å²) in [5, 5.41) is 0. The number of carbonyl (C=O) groups excluding carboxylic acids is 1. The van der Waals surface area contributed by atoms with E-state index in [1.165, 1.54) is 11.5 Å². The summed E-state index contributed by atoms with van der Waals surface area (Å²) in [7, 11) is 1.57. The molecule has 1 aliphatic rings. The third-order valence-corrected chi connectivity index (χ3v) is 5.48. The van der Waals surface area contributed by atoms with Gasteiger partial charge in [-0.3, -0.25) is 18.6 Å². The van der Waals surface area contributed by atoms with Crippen LogP contribution in [0.25, 0.3) is 16.9 Å². The summed E-state index contributed by atoms with van der Waals surface area (Å²) in [6.07, 6.45) is 4.00. The van der Waals surface area contributed by atoms with Gasteiger partial charge in [0.2, 0.25) is 5.78 Å². The van der Waals surface area contributed by atoms with Crippen molar-refractivity contribution in [3.63, 3.8) is 0 Å². The van der Waals surface area contributed by atoms with Crippen LogP contribution in [0.1, 0.15) is 38.4 Å². The topological polar surface area (TPSA) is 92.5 Å². The van der Waals surface area contributed by atoms with Crippen molar-refractivity contribution in [1.29, 1.82) is 0 Å². The lowest BCUT2D eigenvalue weighted by Gasteiger charge is -2.12. The fourth-order valence-corrected chi connectivity index (χ4v) is 3.76. The largest absolute Gasteiger partial charge is 0.376 e. The van der Waals surface area contributed by atoms with E-state index < -0.39 is 17.3 Å². The molecular formula is C18H23N5O4. The predicted molar refractivity (Wildman–Crippen MR) is 99.3 cm³/mol. The highest BCUT2D eigenvalue weighted by Crippen LogP contribution is 2.20. The Kier molecular flexibility index (Phi) is 4.06. The molecule has 0 radical (unpaired) electrons. The van der Waals surface area contributed by atoms with Crippen molar-refractivity contribution in [2.45, 2.75) is 52.3 Å². The van der Waals surface area contributed by atoms with E-state index in [0.29, 0.717) is 23.5 Å². The maximum atomic E-state index is 13.1. The first-order chi connectivity index (χ1) is 12.8. The molecule has 0 unspecified atom stereocenters. The lowest BCUT2D eigenvalue weighted by molar-refractivity contribution is -0.119. The van der Waals surface area contributed by atoms with Gasteiger partial charge in [0.15, 0.2) is 16.9 Å². The minimum Gasteiger partial charge on any atom is -0.376 e. The van der Waals surface area contributed by atoms with Gasteiger partial charge in [-0.25, -0.2) is 9.36 Å². The van der Waals surface area contributed by atoms with Gasteiger partial charge < -0.3 is 9.30 Å². The lowest BCUT2D eigenvalue weighted by Crippen LogP contribution is -2.42. The average Bonchev–Trinajstić information content (AvgIpc) is 3.31. The Labute approximate surface area is 154 Å². The monoisotopic (exact) mass is 373 g/mol. The highest BCUT2D eigenvalue weighted by Gasteiger charge is 2.25. The Morgan fingerprint density at radius 1 is 1.41 bits per heavy atom. The quantitative estimate of drug-likeness (QED) is 0.674. The number of aromatic nitrogens is 5. The molecule has 9 heteroatoms. The van der Waals surface area contributed by atoms with Gasteiger partial charge in [-0.05, 0) is 33.6 Å². The summed E-state index contributed by atoms with van der Waals surface area (Å²) in [6, 6.07) is -0.832. The molecule has 3 aromatic rings. The number of rotatable bonds is 4. The molecule has 0 spiro atoms. The standard InChI is InChI=1S/C18H23N5O4/c1-10-8-22-14-15(19-17(22)21(10)9-13-6-5-7-27-13)20(4)18(26)23(16(14)25)11(2)12(3)24/h8,11,13H,5-7,9H2,1-4H3/t11-,13+/m1/s1. The molecule has 4 rings (SSSR count). The van der Waals surface area contributed by atoms with E-state index in [-0.39, 0.29) is 11.9 Å². The zero-order valence-electron chi connectivity index (χ0n) is 15.9. The molecule has 4 heterocycles. The van der Waals surface area contributed by atoms with Gasteiger partial charge in [-0.1, -0.05) is 0 Å². The first kappa shape index (κ1) is 17.7. The number of imidazole rings is 2. The SMILES string of the molecule is CC(=O)[C@@H](C)n1c(=O)c2c(nc3n(C[C@@H]4CCCO4)c(C)cn23)n(C)c1=O. The molecule has 144 valence electrons. The summed E-state index contributed by atoms with van der Waals surface area (Å²) in [6.45, 7) is 6.30. The van der Waals surface area contributed by atoms with Crippen molar-refractivity contribution in [3.05, 3.63) is 32.7 Å². The van der Waals surface area contributed by atoms with E-state index in [2.05, 4.69) is 4.98 Å². The van der Waals surface area contributed by atoms with E-state index in [1.807, 2.05) is 17.7 Å². The van der Waals surface area contributed by atoms with Crippen molar-refractivity contribution in [3.8, 4) is 0 Å². The minimum absolute atomic E-state index is 0.123. The van der Waals surface area contributed by atoms with Gasteiger partial charge in [0.25, 0.3) is 5.56 Å². The molecule has 0 aliphatic carbocycles. The Hall–Kier alpha value is -2.68. The van der Waals surface area contributed by atoms with Crippen LogP contribution in [0.3, 0.4) is 0 Å². The van der Waals surface area contributed by atoms with Crippen molar-refractivity contribution in [2.24, 2.45) is 7.05 Å². The molecule has 0 saturated carbocycles. The Morgan fingerprint density at radius 2 is 2.15 bits per heavy atom. The second-order valence-electron chi connectivity index (χ2n) is 7.27. The summed E-state index contributed by atoms with van der Waals surface area (Å²) in [4.78, 5) is 42.1. The Balaban J connectivity index is 2.00. The highest BCUT2D eigenvalue weighted by atomic mass is 16.5. The number of ketones is 1. The van der Waals surface area contributed by atoms with Crippen LogP contribution in [-0.4, -0.2) is 41.6 Å². The lowest BCUT2D eigenvalue weighted by atomic mass is 10.2. The molecule has 2 atom stereocenters. The zero-order valence-corrected chi connectivity index (χ0v) is 15.9. The van der Waals surface area contributed by atoms with Crippen LogP contribution in [0.5, 0.6) is 0 Å². The van der Waals surface area contributed by atoms with Gasteiger partial charge in [0, 0.05) is 25.5 Å². The molecule has 1 aliphatic heterocycles. The van der Waals surface area contributed by atoms with E-state index in [1.54, 1.807) is 18.4 Å². The van der Waals surface area contributed by atoms with Crippen LogP contribution in [0, 0.1) is 6.92 Å². The molecule has 1 saturated heterocycles. The molecule has 27 heavy (non-hydrogen) atoms. The van der Waals surface area contributed by atoms with Crippen LogP contribution in [-0.2, 0) is 23.1 Å². The van der Waals surface area contributed by atoms with Gasteiger partial charge in [0.1, 0.15) is 0 Å². The third kappa shape index (κ3) is 2.56. The van der Waals surface area contributed by atoms with Crippen LogP contribution in [0.15, 0.2) is 15.8 Å². The number of ether oxygens (including phenoxy) is 1. The van der Waals surface area contributed by atoms with E-state index >= 15 is 0 Å². The maximum Gasteiger partial charge on any atom is 0.333 e. The fraction of sp³-hybridized carbons (Fsp3) is 0.556. The van der Waals surface area contributed by atoms with Crippen molar-refractivity contribution >= 4 is 22.7 Å². The molecule has 0 aromatic carbocycles. The van der Waals surface area contributed by atoms with Crippen LogP contribution >= 0.6 is 0 Å². The van der Waals surface area contributed by atoms with Crippen LogP contribution in [0.4, 0.5) is 0 Å². The predicted octanol–water partition coefficient (Wildman–Crippen LogP) is 0.787. The molecule has 0 bridgehead atoms. The summed E-state index contributed by atoms with van der Waals surface area (Å²) >= 11 is 0. The van der Waals surface area contributed by atoms with Crippen molar-refractivity contribution in [1.82, 2.24) is 23.1 Å². The van der Waals surface area contributed by atoms with Gasteiger partial charge >= 0.3 is 5.69 Å². The third-order valence-electron chi connectivity index (χ3n) is 5.48. The van der Waals surface area contributed by atoms with E-state index in [0.717, 1.165) is 29.7 Å². The zero-order chi connectivity index (χ0) is 19.5. The molecule has 1 fully saturated rings. The number of aryl methyl sites for hydroxylation is 2. The van der Waals surface area contributed by atoms with Gasteiger partial charge in [-0.15, -0.1) is 0 Å². The summed E-state index contributed by atoms with van der Waals surface area (Å²) in [5.41, 5.74) is 0.521. The normalized spacial score (nSPS) is 18.6. The minimum atomic E-state index is -0.832. The van der Waals surface area contributed by atoms with E-state index in [4.69, 9.17) is 4.74 Å². The summed E-state index contributed by atoms with van der Waals surface area (Å²) < 4.78 is 11.8. The first-order valence-corrected chi connectivity index (χ1v) is 9.12. The van der Waals surface area contributed by atoms with Gasteiger partial charge in [-0.2, -0.15) is 4.98 Å². The van der Waals surface area contributed by atoms with Crippen LogP contribution < -0.4 is 11.2 Å². The molecule has 0 amide bonds. The summed E-state index contributed by atoms with van der Waals surface area (Å²) in [5.74, 6) is 0.347. The highest BCUT2D eigenvalue weighted by molar-refractivity contribution is 5.80. The van der Waals surface area contributed by atoms with Gasteiger partial charge in [0.05, 0.1) is 18.7 Å². The fourth-order valence-electron chi connectivity index (χ4n) is 3.76. The number of nitrogens with zero attached hydrogens (tertiary/aromatic N) is 5. The van der Waals surface area contributed by atoms with Crippen molar-refractivity contribution in [2.75, 3.05) is 6.61 Å². The smallest absolute Gasteiger partial charge is 0.333 e. The second kappa shape index (κ2) is 6.19. The number of hydrogen-bond acceptors (Lipinski definition) is 5. The average molecular weight is 373 g/mol. The first-order valence-electron chi connectivity index (χ1n) is 9.12. The number of carbonyl (C=O) groups is 1. The van der Waals surface area contributed by atoms with Crippen LogP contribution in [0.2, 0.25) is 0 Å². The molecule has 9 nitrogen and oxygen atoms in total. The number of Topliss-reactive ketones (excluding diaryl/α,β-unsaturated/α-hetero) is 1. The second-order valence-corrected chi connectivity index (χ2v) is 7.27. The Bertz CT molecular complexity index is 1170. The van der Waals surface area contributed by atoms with E-state index in [9.17, 15) is 14.4 Å². The number of fused-ring (bicyclic) bond motifs is 3.